The average Bonchev–Trinajstić information content (AvgIpc) is 3.29. The van der Waals surface area contributed by atoms with Crippen LogP contribution in [0.4, 0.5) is 0 Å². The number of ether oxygens (including phenoxy) is 3. The lowest BCUT2D eigenvalue weighted by Gasteiger charge is -2.18. The predicted molar refractivity (Wildman–Crippen MR) is 274 cm³/mol. The Morgan fingerprint density at radius 2 is 0.578 bits per heavy atom. The van der Waals surface area contributed by atoms with E-state index in [-0.39, 0.29) is 37.5 Å². The Bertz CT molecular complexity index is 1210. The van der Waals surface area contributed by atoms with Crippen molar-refractivity contribution in [3.63, 3.8) is 0 Å². The van der Waals surface area contributed by atoms with Gasteiger partial charge in [-0.05, 0) is 109 Å². The van der Waals surface area contributed by atoms with E-state index >= 15 is 0 Å². The van der Waals surface area contributed by atoms with Crippen molar-refractivity contribution in [2.24, 2.45) is 0 Å². The summed E-state index contributed by atoms with van der Waals surface area (Å²) in [6, 6.07) is 0. The molecule has 0 radical (unpaired) electrons. The topological polar surface area (TPSA) is 78.9 Å². The minimum absolute atomic E-state index is 0.0975. The maximum absolute atomic E-state index is 12.8. The molecule has 368 valence electrons. The fourth-order valence-corrected chi connectivity index (χ4v) is 7.28. The van der Waals surface area contributed by atoms with Gasteiger partial charge < -0.3 is 14.2 Å². The molecule has 0 unspecified atom stereocenters. The Kier molecular flexibility index (Phi) is 49.9. The summed E-state index contributed by atoms with van der Waals surface area (Å²) in [7, 11) is 0. The molecule has 6 nitrogen and oxygen atoms in total. The first-order valence-corrected chi connectivity index (χ1v) is 26.9. The van der Waals surface area contributed by atoms with Gasteiger partial charge in [0.15, 0.2) is 6.10 Å². The van der Waals surface area contributed by atoms with Gasteiger partial charge in [-0.2, -0.15) is 0 Å². The Hall–Kier alpha value is -3.15. The third-order valence-electron chi connectivity index (χ3n) is 11.4. The van der Waals surface area contributed by atoms with Crippen LogP contribution in [-0.2, 0) is 28.6 Å². The molecule has 0 aromatic carbocycles. The maximum Gasteiger partial charge on any atom is 0.306 e. The summed E-state index contributed by atoms with van der Waals surface area (Å²) >= 11 is 0. The number of rotatable bonds is 48. The van der Waals surface area contributed by atoms with Gasteiger partial charge in [0.1, 0.15) is 13.2 Å². The van der Waals surface area contributed by atoms with Crippen LogP contribution in [0.3, 0.4) is 0 Å². The molecule has 0 saturated heterocycles. The van der Waals surface area contributed by atoms with E-state index in [2.05, 4.69) is 93.7 Å². The molecule has 0 aliphatic heterocycles. The van der Waals surface area contributed by atoms with E-state index in [0.29, 0.717) is 19.3 Å². The molecule has 0 saturated carbocycles. The van der Waals surface area contributed by atoms with Crippen LogP contribution in [0.2, 0.25) is 0 Å². The summed E-state index contributed by atoms with van der Waals surface area (Å²) in [4.78, 5) is 38.0. The van der Waals surface area contributed by atoms with Crippen molar-refractivity contribution in [3.8, 4) is 0 Å². The SMILES string of the molecule is CCCC/C=C\C/C=C\CCCCCCCC(=O)OC[C@H](COC(=O)CCCCCCCCC/C=C\CCCCCCCC)OC(=O)CCCC/C=C\C/C=C\C/C=C\CCCCC. The van der Waals surface area contributed by atoms with Gasteiger partial charge in [-0.15, -0.1) is 0 Å². The predicted octanol–water partition coefficient (Wildman–Crippen LogP) is 17.8. The summed E-state index contributed by atoms with van der Waals surface area (Å²) in [6.07, 6.45) is 66.0. The first-order chi connectivity index (χ1) is 31.5. The number of allylic oxidation sites excluding steroid dienone is 12. The van der Waals surface area contributed by atoms with E-state index < -0.39 is 6.10 Å². The molecule has 0 rings (SSSR count). The minimum Gasteiger partial charge on any atom is -0.462 e. The molecule has 64 heavy (non-hydrogen) atoms. The fourth-order valence-electron chi connectivity index (χ4n) is 7.28. The summed E-state index contributed by atoms with van der Waals surface area (Å²) < 4.78 is 16.8. The van der Waals surface area contributed by atoms with Crippen molar-refractivity contribution in [3.05, 3.63) is 72.9 Å². The van der Waals surface area contributed by atoms with E-state index in [0.717, 1.165) is 89.9 Å². The number of carbonyl (C=O) groups is 3. The molecule has 0 amide bonds. The highest BCUT2D eigenvalue weighted by Gasteiger charge is 2.19. The van der Waals surface area contributed by atoms with Crippen LogP contribution < -0.4 is 0 Å². The molecule has 0 aliphatic carbocycles. The van der Waals surface area contributed by atoms with E-state index in [4.69, 9.17) is 14.2 Å². The van der Waals surface area contributed by atoms with Gasteiger partial charge in [-0.3, -0.25) is 14.4 Å². The van der Waals surface area contributed by atoms with Crippen LogP contribution in [-0.4, -0.2) is 37.2 Å². The largest absolute Gasteiger partial charge is 0.462 e. The normalized spacial score (nSPS) is 12.6. The molecule has 0 aromatic heterocycles. The first kappa shape index (κ1) is 60.9. The van der Waals surface area contributed by atoms with Crippen molar-refractivity contribution in [1.82, 2.24) is 0 Å². The summed E-state index contributed by atoms with van der Waals surface area (Å²) in [5, 5.41) is 0. The van der Waals surface area contributed by atoms with Crippen LogP contribution >= 0.6 is 0 Å². The van der Waals surface area contributed by atoms with Crippen molar-refractivity contribution < 1.29 is 28.6 Å². The Morgan fingerprint density at radius 3 is 1.00 bits per heavy atom. The summed E-state index contributed by atoms with van der Waals surface area (Å²) in [5.74, 6) is -0.952. The summed E-state index contributed by atoms with van der Waals surface area (Å²) in [5.41, 5.74) is 0. The van der Waals surface area contributed by atoms with Crippen LogP contribution in [0.1, 0.15) is 258 Å². The molecular formula is C58H100O6. The number of hydrogen-bond donors (Lipinski definition) is 0. The quantitative estimate of drug-likeness (QED) is 0.0262. The molecule has 0 fully saturated rings. The van der Waals surface area contributed by atoms with Gasteiger partial charge in [0, 0.05) is 19.3 Å². The molecule has 0 bridgehead atoms. The van der Waals surface area contributed by atoms with Gasteiger partial charge in [0.2, 0.25) is 0 Å². The van der Waals surface area contributed by atoms with Crippen molar-refractivity contribution >= 4 is 17.9 Å². The molecule has 0 aromatic rings. The smallest absolute Gasteiger partial charge is 0.306 e. The van der Waals surface area contributed by atoms with E-state index in [9.17, 15) is 14.4 Å². The highest BCUT2D eigenvalue weighted by Crippen LogP contribution is 2.14. The second kappa shape index (κ2) is 52.5. The Balaban J connectivity index is 4.46. The average molecular weight is 893 g/mol. The van der Waals surface area contributed by atoms with Crippen LogP contribution in [0.5, 0.6) is 0 Å². The lowest BCUT2D eigenvalue weighted by atomic mass is 10.1. The van der Waals surface area contributed by atoms with Crippen molar-refractivity contribution in [2.45, 2.75) is 264 Å². The van der Waals surface area contributed by atoms with Gasteiger partial charge >= 0.3 is 17.9 Å². The molecule has 0 heterocycles. The number of carbonyl (C=O) groups excluding carboxylic acids is 3. The second-order valence-corrected chi connectivity index (χ2v) is 17.8. The molecule has 0 aliphatic rings. The second-order valence-electron chi connectivity index (χ2n) is 17.8. The van der Waals surface area contributed by atoms with E-state index in [1.54, 1.807) is 0 Å². The lowest BCUT2D eigenvalue weighted by molar-refractivity contribution is -0.167. The van der Waals surface area contributed by atoms with Gasteiger partial charge in [0.05, 0.1) is 0 Å². The zero-order chi connectivity index (χ0) is 46.5. The lowest BCUT2D eigenvalue weighted by Crippen LogP contribution is -2.30. The minimum atomic E-state index is -0.802. The highest BCUT2D eigenvalue weighted by molar-refractivity contribution is 5.71. The van der Waals surface area contributed by atoms with Gasteiger partial charge in [-0.25, -0.2) is 0 Å². The van der Waals surface area contributed by atoms with Crippen LogP contribution in [0.25, 0.3) is 0 Å². The molecule has 1 atom stereocenters. The molecule has 0 N–H and O–H groups in total. The van der Waals surface area contributed by atoms with Crippen molar-refractivity contribution in [2.75, 3.05) is 13.2 Å². The molecule has 6 heteroatoms. The third-order valence-corrected chi connectivity index (χ3v) is 11.4. The molecule has 0 spiro atoms. The van der Waals surface area contributed by atoms with Gasteiger partial charge in [0.25, 0.3) is 0 Å². The molecular weight excluding hydrogens is 793 g/mol. The van der Waals surface area contributed by atoms with Gasteiger partial charge in [-0.1, -0.05) is 203 Å². The number of unbranched alkanes of at least 4 members (excludes halogenated alkanes) is 25. The van der Waals surface area contributed by atoms with E-state index in [1.165, 1.54) is 122 Å². The highest BCUT2D eigenvalue weighted by atomic mass is 16.6. The zero-order valence-corrected chi connectivity index (χ0v) is 42.0. The first-order valence-electron chi connectivity index (χ1n) is 26.9. The summed E-state index contributed by atoms with van der Waals surface area (Å²) in [6.45, 7) is 6.52. The standard InChI is InChI=1S/C58H100O6/c1-4-7-10-13-16-19-22-25-28-29-31-33-36-39-42-45-48-51-57(60)63-54-55(53-62-56(59)50-47-44-41-38-35-32-27-24-21-18-15-12-9-6-3)64-58(61)52-49-46-43-40-37-34-30-26-23-20-17-14-11-8-5-2/h15,17-18,20,24-28,30,37,40,55H,4-14,16,19,21-23,29,31-36,38-39,41-54H2,1-3H3/b18-15-,20-17-,27-24-,28-25-,30-26-,40-37-/t55-/m1/s1. The van der Waals surface area contributed by atoms with Crippen LogP contribution in [0, 0.1) is 0 Å². The fraction of sp³-hybridized carbons (Fsp3) is 0.741. The third kappa shape index (κ3) is 49.9. The zero-order valence-electron chi connectivity index (χ0n) is 42.0. The maximum atomic E-state index is 12.8. The Morgan fingerprint density at radius 1 is 0.312 bits per heavy atom. The monoisotopic (exact) mass is 893 g/mol. The van der Waals surface area contributed by atoms with Crippen LogP contribution in [0.15, 0.2) is 72.9 Å². The van der Waals surface area contributed by atoms with E-state index in [1.807, 2.05) is 0 Å². The number of hydrogen-bond acceptors (Lipinski definition) is 6. The Labute approximate surface area is 395 Å². The number of esters is 3. The van der Waals surface area contributed by atoms with Crippen molar-refractivity contribution in [1.29, 1.82) is 0 Å².